The lowest BCUT2D eigenvalue weighted by Crippen LogP contribution is -2.19. The van der Waals surface area contributed by atoms with Gasteiger partial charge in [0.25, 0.3) is 0 Å². The molecule has 90 valence electrons. The summed E-state index contributed by atoms with van der Waals surface area (Å²) in [5, 5.41) is 3.44. The molecule has 1 rings (SSSR count). The van der Waals surface area contributed by atoms with Gasteiger partial charge in [-0.1, -0.05) is 13.8 Å². The van der Waals surface area contributed by atoms with Crippen LogP contribution in [0.25, 0.3) is 0 Å². The van der Waals surface area contributed by atoms with Gasteiger partial charge in [-0.3, -0.25) is 4.98 Å². The predicted molar refractivity (Wildman–Crippen MR) is 66.7 cm³/mol. The summed E-state index contributed by atoms with van der Waals surface area (Å²) in [5.74, 6) is 0.865. The van der Waals surface area contributed by atoms with E-state index in [0.717, 1.165) is 31.7 Å². The monoisotopic (exact) mass is 222 g/mol. The van der Waals surface area contributed by atoms with Crippen LogP contribution in [0.3, 0.4) is 0 Å². The Bertz CT molecular complexity index is 302. The second kappa shape index (κ2) is 7.23. The summed E-state index contributed by atoms with van der Waals surface area (Å²) in [6.45, 7) is 8.20. The Kier molecular flexibility index (Phi) is 5.86. The van der Waals surface area contributed by atoms with Crippen molar-refractivity contribution in [1.29, 1.82) is 0 Å². The second-order valence-electron chi connectivity index (χ2n) is 3.98. The number of ether oxygens (including phenoxy) is 1. The van der Waals surface area contributed by atoms with E-state index in [2.05, 4.69) is 37.1 Å². The zero-order valence-electron chi connectivity index (χ0n) is 10.5. The van der Waals surface area contributed by atoms with E-state index in [1.165, 1.54) is 5.56 Å². The minimum Gasteiger partial charge on any atom is -0.492 e. The van der Waals surface area contributed by atoms with Gasteiger partial charge in [0.2, 0.25) is 0 Å². The molecule has 0 saturated carbocycles. The van der Waals surface area contributed by atoms with Gasteiger partial charge >= 0.3 is 0 Å². The van der Waals surface area contributed by atoms with Crippen LogP contribution in [0.2, 0.25) is 0 Å². The molecule has 0 radical (unpaired) electrons. The van der Waals surface area contributed by atoms with E-state index in [9.17, 15) is 0 Å². The highest BCUT2D eigenvalue weighted by Crippen LogP contribution is 2.17. The zero-order chi connectivity index (χ0) is 11.8. The normalized spacial score (nSPS) is 12.4. The molecule has 0 aliphatic rings. The predicted octanol–water partition coefficient (Wildman–Crippen LogP) is 2.93. The van der Waals surface area contributed by atoms with E-state index in [0.29, 0.717) is 6.04 Å². The van der Waals surface area contributed by atoms with Crippen LogP contribution < -0.4 is 10.1 Å². The summed E-state index contributed by atoms with van der Waals surface area (Å²) in [5.41, 5.74) is 1.18. The summed E-state index contributed by atoms with van der Waals surface area (Å²) in [4.78, 5) is 4.20. The fourth-order valence-corrected chi connectivity index (χ4v) is 1.45. The first-order valence-electron chi connectivity index (χ1n) is 6.09. The van der Waals surface area contributed by atoms with Gasteiger partial charge in [-0.25, -0.2) is 0 Å². The average Bonchev–Trinajstić information content (AvgIpc) is 2.33. The summed E-state index contributed by atoms with van der Waals surface area (Å²) < 4.78 is 5.56. The van der Waals surface area contributed by atoms with E-state index in [1.807, 2.05) is 6.20 Å². The molecule has 0 spiro atoms. The number of nitrogens with zero attached hydrogens (tertiary/aromatic N) is 1. The molecule has 16 heavy (non-hydrogen) atoms. The van der Waals surface area contributed by atoms with Gasteiger partial charge in [0.15, 0.2) is 0 Å². The SMILES string of the molecule is CCCNC(C)c1cncc(OCCC)c1. The van der Waals surface area contributed by atoms with Gasteiger partial charge < -0.3 is 10.1 Å². The van der Waals surface area contributed by atoms with Crippen LogP contribution >= 0.6 is 0 Å². The van der Waals surface area contributed by atoms with Crippen LogP contribution in [0.4, 0.5) is 0 Å². The summed E-state index contributed by atoms with van der Waals surface area (Å²) >= 11 is 0. The van der Waals surface area contributed by atoms with Gasteiger partial charge in [-0.2, -0.15) is 0 Å². The Balaban J connectivity index is 2.58. The molecule has 0 aliphatic carbocycles. The fourth-order valence-electron chi connectivity index (χ4n) is 1.45. The van der Waals surface area contributed by atoms with E-state index < -0.39 is 0 Å². The first-order valence-corrected chi connectivity index (χ1v) is 6.09. The summed E-state index contributed by atoms with van der Waals surface area (Å²) in [6.07, 6.45) is 5.83. The minimum atomic E-state index is 0.331. The van der Waals surface area contributed by atoms with E-state index in [-0.39, 0.29) is 0 Å². The topological polar surface area (TPSA) is 34.2 Å². The molecule has 1 atom stereocenters. The van der Waals surface area contributed by atoms with Crippen LogP contribution in [0, 0.1) is 0 Å². The molecule has 3 nitrogen and oxygen atoms in total. The van der Waals surface area contributed by atoms with Crippen molar-refractivity contribution >= 4 is 0 Å². The third-order valence-corrected chi connectivity index (χ3v) is 2.41. The highest BCUT2D eigenvalue weighted by molar-refractivity contribution is 5.25. The second-order valence-corrected chi connectivity index (χ2v) is 3.98. The molecule has 3 heteroatoms. The standard InChI is InChI=1S/C13H22N2O/c1-4-6-15-11(3)12-8-13(10-14-9-12)16-7-5-2/h8-11,15H,4-7H2,1-3H3. The highest BCUT2D eigenvalue weighted by atomic mass is 16.5. The Morgan fingerprint density at radius 3 is 2.81 bits per heavy atom. The maximum Gasteiger partial charge on any atom is 0.137 e. The number of aromatic nitrogens is 1. The molecule has 1 heterocycles. The van der Waals surface area contributed by atoms with E-state index in [4.69, 9.17) is 4.74 Å². The van der Waals surface area contributed by atoms with Crippen LogP contribution in [-0.4, -0.2) is 18.1 Å². The lowest BCUT2D eigenvalue weighted by molar-refractivity contribution is 0.315. The third kappa shape index (κ3) is 4.19. The van der Waals surface area contributed by atoms with Gasteiger partial charge in [0, 0.05) is 12.2 Å². The fraction of sp³-hybridized carbons (Fsp3) is 0.615. The molecular weight excluding hydrogens is 200 g/mol. The van der Waals surface area contributed by atoms with Crippen molar-refractivity contribution in [2.75, 3.05) is 13.2 Å². The maximum absolute atomic E-state index is 5.56. The Hall–Kier alpha value is -1.09. The molecule has 1 aromatic rings. The molecule has 0 aromatic carbocycles. The molecule has 0 amide bonds. The molecule has 0 saturated heterocycles. The molecule has 0 bridgehead atoms. The Morgan fingerprint density at radius 1 is 1.31 bits per heavy atom. The van der Waals surface area contributed by atoms with Gasteiger partial charge in [0.05, 0.1) is 12.8 Å². The smallest absolute Gasteiger partial charge is 0.137 e. The van der Waals surface area contributed by atoms with Crippen LogP contribution in [-0.2, 0) is 0 Å². The third-order valence-electron chi connectivity index (χ3n) is 2.41. The van der Waals surface area contributed by atoms with Crippen molar-refractivity contribution < 1.29 is 4.74 Å². The van der Waals surface area contributed by atoms with Crippen LogP contribution in [0.15, 0.2) is 18.5 Å². The Morgan fingerprint density at radius 2 is 2.12 bits per heavy atom. The van der Waals surface area contributed by atoms with Crippen LogP contribution in [0.5, 0.6) is 5.75 Å². The number of hydrogen-bond acceptors (Lipinski definition) is 3. The van der Waals surface area contributed by atoms with Gasteiger partial charge in [-0.05, 0) is 37.9 Å². The minimum absolute atomic E-state index is 0.331. The lowest BCUT2D eigenvalue weighted by Gasteiger charge is -2.14. The van der Waals surface area contributed by atoms with Crippen LogP contribution in [0.1, 0.15) is 45.2 Å². The molecule has 0 fully saturated rings. The maximum atomic E-state index is 5.56. The molecule has 1 unspecified atom stereocenters. The number of pyridine rings is 1. The van der Waals surface area contributed by atoms with Gasteiger partial charge in [0.1, 0.15) is 5.75 Å². The summed E-state index contributed by atoms with van der Waals surface area (Å²) in [7, 11) is 0. The lowest BCUT2D eigenvalue weighted by atomic mass is 10.1. The van der Waals surface area contributed by atoms with Crippen molar-refractivity contribution in [2.24, 2.45) is 0 Å². The largest absolute Gasteiger partial charge is 0.492 e. The van der Waals surface area contributed by atoms with Crippen molar-refractivity contribution in [1.82, 2.24) is 10.3 Å². The number of rotatable bonds is 7. The quantitative estimate of drug-likeness (QED) is 0.770. The highest BCUT2D eigenvalue weighted by Gasteiger charge is 2.05. The average molecular weight is 222 g/mol. The Labute approximate surface area is 98.2 Å². The van der Waals surface area contributed by atoms with Crippen molar-refractivity contribution in [3.63, 3.8) is 0 Å². The van der Waals surface area contributed by atoms with Gasteiger partial charge in [-0.15, -0.1) is 0 Å². The molecule has 1 aromatic heterocycles. The first kappa shape index (κ1) is 13.0. The number of nitrogens with one attached hydrogen (secondary N) is 1. The van der Waals surface area contributed by atoms with Crippen molar-refractivity contribution in [3.8, 4) is 5.75 Å². The summed E-state index contributed by atoms with van der Waals surface area (Å²) in [6, 6.07) is 2.40. The molecule has 1 N–H and O–H groups in total. The van der Waals surface area contributed by atoms with Crippen molar-refractivity contribution in [2.45, 2.75) is 39.7 Å². The zero-order valence-corrected chi connectivity index (χ0v) is 10.5. The first-order chi connectivity index (χ1) is 7.77. The van der Waals surface area contributed by atoms with Crippen molar-refractivity contribution in [3.05, 3.63) is 24.0 Å². The molecular formula is C13H22N2O. The van der Waals surface area contributed by atoms with E-state index in [1.54, 1.807) is 6.20 Å². The van der Waals surface area contributed by atoms with E-state index >= 15 is 0 Å². The number of hydrogen-bond donors (Lipinski definition) is 1. The molecule has 0 aliphatic heterocycles.